The fraction of sp³-hybridized carbons (Fsp3) is 0.0256. The van der Waals surface area contributed by atoms with E-state index in [0.29, 0.717) is 0 Å². The molecule has 0 N–H and O–H groups in total. The van der Waals surface area contributed by atoms with Gasteiger partial charge in [0.15, 0.2) is 8.07 Å². The van der Waals surface area contributed by atoms with Crippen molar-refractivity contribution in [2.75, 3.05) is 4.90 Å². The topological polar surface area (TPSA) is 3.24 Å². The van der Waals surface area contributed by atoms with Gasteiger partial charge < -0.3 is 4.90 Å². The summed E-state index contributed by atoms with van der Waals surface area (Å²) in [4.78, 5) is 2.53. The molecule has 0 spiro atoms. The molecule has 0 aromatic heterocycles. The Balaban J connectivity index is 0.975. The van der Waals surface area contributed by atoms with Crippen LogP contribution < -0.4 is 25.6 Å². The van der Waals surface area contributed by atoms with Crippen molar-refractivity contribution in [1.29, 1.82) is 0 Å². The van der Waals surface area contributed by atoms with Crippen LogP contribution >= 0.6 is 0 Å². The first-order valence-electron chi connectivity index (χ1n) is 28.0. The minimum atomic E-state index is -2.87. The summed E-state index contributed by atoms with van der Waals surface area (Å²) in [5.41, 5.74) is 19.9. The molecule has 13 aromatic rings. The number of anilines is 3. The molecule has 1 aliphatic heterocycles. The second-order valence-corrected chi connectivity index (χ2v) is 25.5. The van der Waals surface area contributed by atoms with E-state index >= 15 is 0 Å². The van der Waals surface area contributed by atoms with Gasteiger partial charge in [-0.15, -0.1) is 0 Å². The molecule has 3 aliphatic rings. The third kappa shape index (κ3) is 6.45. The van der Waals surface area contributed by atoms with Crippen molar-refractivity contribution in [3.8, 4) is 33.4 Å². The Morgan fingerprint density at radius 2 is 0.600 bits per heavy atom. The summed E-state index contributed by atoms with van der Waals surface area (Å²) < 4.78 is 0. The summed E-state index contributed by atoms with van der Waals surface area (Å²) in [6.07, 6.45) is 0. The van der Waals surface area contributed by atoms with Gasteiger partial charge in [-0.05, 0) is 146 Å². The smallest absolute Gasteiger partial charge is 0.180 e. The summed E-state index contributed by atoms with van der Waals surface area (Å²) in [7, 11) is -2.87. The maximum absolute atomic E-state index is 2.87. The summed E-state index contributed by atoms with van der Waals surface area (Å²) in [5, 5.41) is 8.07. The third-order valence-electron chi connectivity index (χ3n) is 18.1. The molecule has 0 amide bonds. The van der Waals surface area contributed by atoms with Gasteiger partial charge in [0, 0.05) is 17.1 Å². The average Bonchev–Trinajstić information content (AvgIpc) is 4.33. The Kier molecular flexibility index (Phi) is 10.5. The van der Waals surface area contributed by atoms with Crippen molar-refractivity contribution < 1.29 is 0 Å². The normalized spacial score (nSPS) is 15.5. The Morgan fingerprint density at radius 3 is 1.14 bits per heavy atom. The van der Waals surface area contributed by atoms with Crippen molar-refractivity contribution in [3.63, 3.8) is 0 Å². The largest absolute Gasteiger partial charge is 0.310 e. The Hall–Kier alpha value is -9.86. The van der Waals surface area contributed by atoms with Crippen LogP contribution in [0.5, 0.6) is 0 Å². The highest BCUT2D eigenvalue weighted by atomic mass is 28.3. The zero-order chi connectivity index (χ0) is 52.8. The van der Waals surface area contributed by atoms with Crippen LogP contribution in [0.15, 0.2) is 322 Å². The SMILES string of the molecule is c1ccc(C2(c3ccccc3)c3ccccc3-c3ccc(N(c4ccc5c(c4)C(c4ccccc4)(c4ccc6c(c4)[Si](c4ccccc4)(c4ccccc4)c4ccccc4-6)c4ccccc4-5)c4ccc5ccccc5c4)cc32)cc1. The summed E-state index contributed by atoms with van der Waals surface area (Å²) in [6.45, 7) is 0. The lowest BCUT2D eigenvalue weighted by molar-refractivity contribution is 0.768. The molecule has 2 aliphatic carbocycles. The number of rotatable bonds is 9. The first-order valence-corrected chi connectivity index (χ1v) is 30.0. The van der Waals surface area contributed by atoms with Crippen LogP contribution in [0.3, 0.4) is 0 Å². The molecule has 0 saturated heterocycles. The molecular formula is C78H53NSi. The molecule has 1 unspecified atom stereocenters. The number of fused-ring (bicyclic) bond motifs is 10. The van der Waals surface area contributed by atoms with Gasteiger partial charge in [0.25, 0.3) is 0 Å². The lowest BCUT2D eigenvalue weighted by Crippen LogP contribution is -2.72. The van der Waals surface area contributed by atoms with Crippen LogP contribution in [0.4, 0.5) is 17.1 Å². The predicted molar refractivity (Wildman–Crippen MR) is 336 cm³/mol. The summed E-state index contributed by atoms with van der Waals surface area (Å²) in [6, 6.07) is 122. The maximum atomic E-state index is 2.65. The average molecular weight is 1030 g/mol. The molecule has 16 rings (SSSR count). The quantitative estimate of drug-likeness (QED) is 0.130. The first kappa shape index (κ1) is 46.3. The van der Waals surface area contributed by atoms with Gasteiger partial charge in [0.1, 0.15) is 0 Å². The lowest BCUT2D eigenvalue weighted by atomic mass is 9.67. The molecule has 1 atom stereocenters. The van der Waals surface area contributed by atoms with Gasteiger partial charge in [-0.25, -0.2) is 0 Å². The number of nitrogens with zero attached hydrogens (tertiary/aromatic N) is 1. The molecule has 80 heavy (non-hydrogen) atoms. The van der Waals surface area contributed by atoms with Crippen molar-refractivity contribution in [1.82, 2.24) is 0 Å². The van der Waals surface area contributed by atoms with E-state index in [4.69, 9.17) is 0 Å². The number of hydrogen-bond donors (Lipinski definition) is 0. The van der Waals surface area contributed by atoms with Crippen LogP contribution in [0.25, 0.3) is 44.2 Å². The lowest BCUT2D eigenvalue weighted by Gasteiger charge is -2.37. The van der Waals surface area contributed by atoms with Crippen molar-refractivity contribution in [2.24, 2.45) is 0 Å². The van der Waals surface area contributed by atoms with Gasteiger partial charge in [0.05, 0.1) is 10.8 Å². The second-order valence-electron chi connectivity index (χ2n) is 21.8. The molecule has 0 radical (unpaired) electrons. The summed E-state index contributed by atoms with van der Waals surface area (Å²) in [5.74, 6) is 0. The molecule has 0 saturated carbocycles. The highest BCUT2D eigenvalue weighted by Gasteiger charge is 2.52. The van der Waals surface area contributed by atoms with E-state index in [9.17, 15) is 0 Å². The zero-order valence-corrected chi connectivity index (χ0v) is 45.0. The van der Waals surface area contributed by atoms with Gasteiger partial charge in [-0.3, -0.25) is 0 Å². The van der Waals surface area contributed by atoms with E-state index in [2.05, 4.69) is 326 Å². The molecule has 1 nitrogen and oxygen atoms in total. The van der Waals surface area contributed by atoms with Crippen LogP contribution in [0, 0.1) is 0 Å². The highest BCUT2D eigenvalue weighted by Crippen LogP contribution is 2.60. The first-order chi connectivity index (χ1) is 39.7. The van der Waals surface area contributed by atoms with Crippen LogP contribution in [-0.4, -0.2) is 8.07 Å². The number of hydrogen-bond acceptors (Lipinski definition) is 1. The van der Waals surface area contributed by atoms with Gasteiger partial charge >= 0.3 is 0 Å². The van der Waals surface area contributed by atoms with Crippen LogP contribution in [0.2, 0.25) is 0 Å². The Labute approximate surface area is 469 Å². The van der Waals surface area contributed by atoms with E-state index in [-0.39, 0.29) is 0 Å². The fourth-order valence-electron chi connectivity index (χ4n) is 14.9. The van der Waals surface area contributed by atoms with Crippen molar-refractivity contribution >= 4 is 56.7 Å². The van der Waals surface area contributed by atoms with E-state index in [0.717, 1.165) is 17.1 Å². The summed E-state index contributed by atoms with van der Waals surface area (Å²) >= 11 is 0. The molecule has 1 heterocycles. The predicted octanol–water partition coefficient (Wildman–Crippen LogP) is 16.4. The Morgan fingerprint density at radius 1 is 0.225 bits per heavy atom. The van der Waals surface area contributed by atoms with Crippen LogP contribution in [0.1, 0.15) is 44.5 Å². The maximum Gasteiger partial charge on any atom is 0.180 e. The molecule has 13 aromatic carbocycles. The second kappa shape index (κ2) is 18.1. The molecule has 374 valence electrons. The molecular weight excluding hydrogens is 979 g/mol. The van der Waals surface area contributed by atoms with E-state index in [1.54, 1.807) is 0 Å². The Bertz CT molecular complexity index is 4450. The van der Waals surface area contributed by atoms with E-state index in [1.807, 2.05) is 0 Å². The van der Waals surface area contributed by atoms with Gasteiger partial charge in [-0.1, -0.05) is 285 Å². The van der Waals surface area contributed by atoms with E-state index in [1.165, 1.54) is 109 Å². The minimum Gasteiger partial charge on any atom is -0.310 e. The molecule has 2 heteroatoms. The number of benzene rings is 13. The highest BCUT2D eigenvalue weighted by molar-refractivity contribution is 7.22. The fourth-order valence-corrected chi connectivity index (χ4v) is 20.1. The van der Waals surface area contributed by atoms with Crippen molar-refractivity contribution in [2.45, 2.75) is 10.8 Å². The zero-order valence-electron chi connectivity index (χ0n) is 44.0. The van der Waals surface area contributed by atoms with Gasteiger partial charge in [-0.2, -0.15) is 0 Å². The third-order valence-corrected chi connectivity index (χ3v) is 22.9. The standard InChI is InChI=1S/C78H53NSi/c1-6-26-56(27-7-1)77(57-28-8-2-9-29-57)71-39-21-18-36-65(71)67-48-45-61(52-73(67)77)79(60-44-42-54-24-16-17-25-55(54)50-60)62-46-49-68-66-37-19-22-40-72(66)78(74(68)53-62,58-30-10-3-11-31-58)59-43-47-70-69-38-20-23-41-75(69)80(76(70)51-59,63-32-12-4-13-33-63)64-34-14-5-15-35-64/h1-53H. The van der Waals surface area contributed by atoms with Crippen LogP contribution in [-0.2, 0) is 10.8 Å². The van der Waals surface area contributed by atoms with E-state index < -0.39 is 18.9 Å². The monoisotopic (exact) mass is 1030 g/mol. The minimum absolute atomic E-state index is 0.563. The van der Waals surface area contributed by atoms with Crippen molar-refractivity contribution in [3.05, 3.63) is 366 Å². The van der Waals surface area contributed by atoms with Gasteiger partial charge in [0.2, 0.25) is 0 Å². The molecule has 0 fully saturated rings. The molecule has 0 bridgehead atoms.